The smallest absolute Gasteiger partial charge is 0.329 e. The van der Waals surface area contributed by atoms with Gasteiger partial charge in [0.05, 0.1) is 13.7 Å². The fourth-order valence-corrected chi connectivity index (χ4v) is 3.09. The Balaban J connectivity index is 1.54. The molecule has 29 heavy (non-hydrogen) atoms. The van der Waals surface area contributed by atoms with Gasteiger partial charge in [-0.25, -0.2) is 4.79 Å². The predicted octanol–water partition coefficient (Wildman–Crippen LogP) is 3.63. The Hall–Kier alpha value is -4.00. The topological polar surface area (TPSA) is 97.8 Å². The van der Waals surface area contributed by atoms with Crippen LogP contribution in [0.4, 0.5) is 10.5 Å². The summed E-state index contributed by atoms with van der Waals surface area (Å²) in [7, 11) is 1.55. The number of amides is 3. The van der Waals surface area contributed by atoms with Gasteiger partial charge in [0.25, 0.3) is 5.91 Å². The molecule has 0 radical (unpaired) electrons. The third-order valence-electron chi connectivity index (χ3n) is 4.59. The van der Waals surface area contributed by atoms with Crippen molar-refractivity contribution in [3.05, 3.63) is 77.7 Å². The number of hydrogen-bond donors (Lipinski definition) is 2. The van der Waals surface area contributed by atoms with E-state index in [4.69, 9.17) is 14.9 Å². The van der Waals surface area contributed by atoms with Crippen LogP contribution in [0.5, 0.6) is 5.75 Å². The number of nitrogens with two attached hydrogens (primary N) is 1. The zero-order valence-corrected chi connectivity index (χ0v) is 15.7. The lowest BCUT2D eigenvalue weighted by Gasteiger charge is -2.14. The van der Waals surface area contributed by atoms with E-state index in [0.717, 1.165) is 16.0 Å². The van der Waals surface area contributed by atoms with Crippen LogP contribution in [0.15, 0.2) is 70.8 Å². The van der Waals surface area contributed by atoms with E-state index in [0.29, 0.717) is 23.0 Å². The van der Waals surface area contributed by atoms with E-state index in [9.17, 15) is 9.59 Å². The lowest BCUT2D eigenvalue weighted by Crippen LogP contribution is -2.30. The van der Waals surface area contributed by atoms with Crippen LogP contribution in [0.25, 0.3) is 17.4 Å². The van der Waals surface area contributed by atoms with E-state index in [2.05, 4.69) is 5.32 Å². The maximum atomic E-state index is 12.7. The lowest BCUT2D eigenvalue weighted by molar-refractivity contribution is -0.123. The molecule has 0 saturated carbocycles. The van der Waals surface area contributed by atoms with Crippen LogP contribution < -0.4 is 15.8 Å². The SMILES string of the molecule is COc1ccccc1CN1C(=O)N/C(=C/c2ccc(-c3ccc(N)cc3)o2)C1=O. The van der Waals surface area contributed by atoms with Crippen molar-refractivity contribution in [1.29, 1.82) is 0 Å². The highest BCUT2D eigenvalue weighted by Gasteiger charge is 2.34. The number of urea groups is 1. The molecule has 146 valence electrons. The molecule has 1 aliphatic rings. The van der Waals surface area contributed by atoms with Crippen molar-refractivity contribution in [2.24, 2.45) is 0 Å². The average Bonchev–Trinajstić information content (AvgIpc) is 3.29. The van der Waals surface area contributed by atoms with Crippen molar-refractivity contribution in [3.8, 4) is 17.1 Å². The molecule has 1 fully saturated rings. The molecule has 0 aliphatic carbocycles. The molecule has 1 saturated heterocycles. The van der Waals surface area contributed by atoms with Crippen molar-refractivity contribution in [2.75, 3.05) is 12.8 Å². The standard InChI is InChI=1S/C22H19N3O4/c1-28-19-5-3-2-4-15(19)13-25-21(26)18(24-22(25)27)12-17-10-11-20(29-17)14-6-8-16(23)9-7-14/h2-12H,13,23H2,1H3,(H,24,27)/b18-12+. The number of carbonyl (C=O) groups is 2. The summed E-state index contributed by atoms with van der Waals surface area (Å²) in [5.74, 6) is 1.29. The number of methoxy groups -OCH3 is 1. The number of nitrogens with one attached hydrogen (secondary N) is 1. The van der Waals surface area contributed by atoms with Crippen LogP contribution >= 0.6 is 0 Å². The molecular formula is C22H19N3O4. The maximum absolute atomic E-state index is 12.7. The third-order valence-corrected chi connectivity index (χ3v) is 4.59. The first-order valence-corrected chi connectivity index (χ1v) is 8.97. The second-order valence-electron chi connectivity index (χ2n) is 6.52. The fraction of sp³-hybridized carbons (Fsp3) is 0.0909. The lowest BCUT2D eigenvalue weighted by atomic mass is 10.1. The van der Waals surface area contributed by atoms with E-state index in [-0.39, 0.29) is 12.2 Å². The minimum Gasteiger partial charge on any atom is -0.496 e. The third kappa shape index (κ3) is 3.70. The van der Waals surface area contributed by atoms with Gasteiger partial charge < -0.3 is 20.2 Å². The number of nitrogens with zero attached hydrogens (tertiary/aromatic N) is 1. The zero-order valence-electron chi connectivity index (χ0n) is 15.7. The summed E-state index contributed by atoms with van der Waals surface area (Å²) in [5.41, 5.74) is 8.13. The molecule has 2 aromatic carbocycles. The summed E-state index contributed by atoms with van der Waals surface area (Å²) in [6, 6.07) is 17.6. The van der Waals surface area contributed by atoms with Crippen molar-refractivity contribution in [3.63, 3.8) is 0 Å². The number of furan rings is 1. The first kappa shape index (κ1) is 18.4. The Kier molecular flexibility index (Phi) is 4.78. The molecule has 0 bridgehead atoms. The van der Waals surface area contributed by atoms with E-state index in [1.165, 1.54) is 6.08 Å². The molecule has 1 aromatic heterocycles. The van der Waals surface area contributed by atoms with E-state index >= 15 is 0 Å². The van der Waals surface area contributed by atoms with Gasteiger partial charge in [0.2, 0.25) is 0 Å². The molecule has 0 spiro atoms. The number of carbonyl (C=O) groups excluding carboxylic acids is 2. The summed E-state index contributed by atoms with van der Waals surface area (Å²) in [4.78, 5) is 26.2. The summed E-state index contributed by atoms with van der Waals surface area (Å²) in [6.07, 6.45) is 1.52. The Bertz CT molecular complexity index is 1100. The van der Waals surface area contributed by atoms with E-state index in [1.54, 1.807) is 37.4 Å². The van der Waals surface area contributed by atoms with Crippen LogP contribution in [0.3, 0.4) is 0 Å². The molecule has 3 N–H and O–H groups in total. The second-order valence-corrected chi connectivity index (χ2v) is 6.52. The van der Waals surface area contributed by atoms with Gasteiger partial charge in [-0.3, -0.25) is 9.69 Å². The first-order chi connectivity index (χ1) is 14.0. The van der Waals surface area contributed by atoms with Crippen molar-refractivity contribution in [1.82, 2.24) is 10.2 Å². The van der Waals surface area contributed by atoms with Gasteiger partial charge in [0, 0.05) is 22.9 Å². The zero-order chi connectivity index (χ0) is 20.4. The Labute approximate surface area is 167 Å². The Morgan fingerprint density at radius 2 is 1.83 bits per heavy atom. The summed E-state index contributed by atoms with van der Waals surface area (Å²) in [5, 5.41) is 2.60. The first-order valence-electron chi connectivity index (χ1n) is 8.97. The monoisotopic (exact) mass is 389 g/mol. The highest BCUT2D eigenvalue weighted by molar-refractivity contribution is 6.13. The number of nitrogen functional groups attached to an aromatic ring is 1. The maximum Gasteiger partial charge on any atom is 0.329 e. The number of para-hydroxylation sites is 1. The Morgan fingerprint density at radius 1 is 1.07 bits per heavy atom. The molecule has 2 heterocycles. The predicted molar refractivity (Wildman–Crippen MR) is 109 cm³/mol. The highest BCUT2D eigenvalue weighted by Crippen LogP contribution is 2.26. The van der Waals surface area contributed by atoms with Crippen molar-refractivity contribution >= 4 is 23.7 Å². The Morgan fingerprint density at radius 3 is 2.59 bits per heavy atom. The number of imide groups is 1. The minimum absolute atomic E-state index is 0.112. The van der Waals surface area contributed by atoms with Gasteiger partial charge in [-0.2, -0.15) is 0 Å². The molecule has 7 heteroatoms. The van der Waals surface area contributed by atoms with Crippen LogP contribution in [-0.2, 0) is 11.3 Å². The van der Waals surface area contributed by atoms with E-state index in [1.807, 2.05) is 30.3 Å². The van der Waals surface area contributed by atoms with Crippen LogP contribution in [0, 0.1) is 0 Å². The number of ether oxygens (including phenoxy) is 1. The van der Waals surface area contributed by atoms with Gasteiger partial charge in [0.15, 0.2) is 0 Å². The minimum atomic E-state index is -0.488. The summed E-state index contributed by atoms with van der Waals surface area (Å²) in [6.45, 7) is 0.112. The molecule has 0 atom stereocenters. The van der Waals surface area contributed by atoms with Gasteiger partial charge in [-0.15, -0.1) is 0 Å². The molecule has 4 rings (SSSR count). The molecule has 7 nitrogen and oxygen atoms in total. The number of anilines is 1. The van der Waals surface area contributed by atoms with Crippen molar-refractivity contribution < 1.29 is 18.7 Å². The van der Waals surface area contributed by atoms with Gasteiger partial charge in [-0.05, 0) is 42.5 Å². The molecule has 3 amide bonds. The van der Waals surface area contributed by atoms with Gasteiger partial charge in [0.1, 0.15) is 23.0 Å². The van der Waals surface area contributed by atoms with Gasteiger partial charge in [-0.1, -0.05) is 18.2 Å². The molecule has 3 aromatic rings. The number of rotatable bonds is 5. The van der Waals surface area contributed by atoms with E-state index < -0.39 is 11.9 Å². The number of benzene rings is 2. The van der Waals surface area contributed by atoms with Crippen LogP contribution in [0.1, 0.15) is 11.3 Å². The van der Waals surface area contributed by atoms with Gasteiger partial charge >= 0.3 is 6.03 Å². The summed E-state index contributed by atoms with van der Waals surface area (Å²) < 4.78 is 11.1. The largest absolute Gasteiger partial charge is 0.496 e. The summed E-state index contributed by atoms with van der Waals surface area (Å²) >= 11 is 0. The normalized spacial score (nSPS) is 15.1. The molecular weight excluding hydrogens is 370 g/mol. The highest BCUT2D eigenvalue weighted by atomic mass is 16.5. The molecule has 0 unspecified atom stereocenters. The number of hydrogen-bond acceptors (Lipinski definition) is 5. The molecule has 1 aliphatic heterocycles. The van der Waals surface area contributed by atoms with Crippen LogP contribution in [0.2, 0.25) is 0 Å². The van der Waals surface area contributed by atoms with Crippen molar-refractivity contribution in [2.45, 2.75) is 6.54 Å². The van der Waals surface area contributed by atoms with Crippen LogP contribution in [-0.4, -0.2) is 23.9 Å². The quantitative estimate of drug-likeness (QED) is 0.394. The second kappa shape index (κ2) is 7.55. The average molecular weight is 389 g/mol. The fourth-order valence-electron chi connectivity index (χ4n) is 3.09.